The molecule has 2 rings (SSSR count). The Labute approximate surface area is 148 Å². The normalized spacial score (nSPS) is 11.6. The molecule has 136 valence electrons. The van der Waals surface area contributed by atoms with Crippen LogP contribution in [0.4, 0.5) is 36.2 Å². The molecule has 1 aromatic heterocycles. The summed E-state index contributed by atoms with van der Waals surface area (Å²) in [5, 5.41) is 5.50. The van der Waals surface area contributed by atoms with Crippen LogP contribution in [-0.2, 0) is 6.18 Å². The fraction of sp³-hybridized carbons (Fsp3) is 0.375. The number of aromatic nitrogens is 2. The molecule has 4 N–H and O–H groups in total. The van der Waals surface area contributed by atoms with Gasteiger partial charge in [-0.1, -0.05) is 25.4 Å². The maximum absolute atomic E-state index is 12.9. The summed E-state index contributed by atoms with van der Waals surface area (Å²) in [5.41, 5.74) is 5.48. The monoisotopic (exact) mass is 373 g/mol. The number of nitrogen functional groups attached to an aromatic ring is 1. The van der Waals surface area contributed by atoms with Crippen molar-refractivity contribution in [2.24, 2.45) is 5.92 Å². The molecular formula is C16H19ClF3N5. The molecule has 9 heteroatoms. The van der Waals surface area contributed by atoms with E-state index in [4.69, 9.17) is 17.3 Å². The minimum Gasteiger partial charge on any atom is -0.393 e. The van der Waals surface area contributed by atoms with Crippen LogP contribution in [0.3, 0.4) is 0 Å². The van der Waals surface area contributed by atoms with Crippen LogP contribution >= 0.6 is 11.6 Å². The quantitative estimate of drug-likeness (QED) is 0.669. The van der Waals surface area contributed by atoms with Gasteiger partial charge in [-0.3, -0.25) is 0 Å². The summed E-state index contributed by atoms with van der Waals surface area (Å²) in [6, 6.07) is 3.51. The average Bonchev–Trinajstić information content (AvgIpc) is 2.51. The van der Waals surface area contributed by atoms with Crippen molar-refractivity contribution in [2.45, 2.75) is 26.4 Å². The van der Waals surface area contributed by atoms with Crippen LogP contribution in [0.25, 0.3) is 0 Å². The standard InChI is InChI=1S/C16H19ClF3N5/c1-9(2)5-6-22-14-13(21)15(24-8-23-14)25-10-3-4-12(17)11(7-10)16(18,19)20/h3-4,7-9H,5-6,21H2,1-2H3,(H2,22,23,24,25). The first-order valence-electron chi connectivity index (χ1n) is 7.66. The highest BCUT2D eigenvalue weighted by molar-refractivity contribution is 6.31. The van der Waals surface area contributed by atoms with Gasteiger partial charge in [0.2, 0.25) is 0 Å². The molecule has 0 aliphatic heterocycles. The zero-order chi connectivity index (χ0) is 18.6. The van der Waals surface area contributed by atoms with Gasteiger partial charge in [-0.25, -0.2) is 9.97 Å². The lowest BCUT2D eigenvalue weighted by molar-refractivity contribution is -0.137. The largest absolute Gasteiger partial charge is 0.417 e. The van der Waals surface area contributed by atoms with Crippen LogP contribution < -0.4 is 16.4 Å². The zero-order valence-corrected chi connectivity index (χ0v) is 14.5. The molecular weight excluding hydrogens is 355 g/mol. The molecule has 1 aromatic carbocycles. The molecule has 0 unspecified atom stereocenters. The third-order valence-corrected chi connectivity index (χ3v) is 3.76. The molecule has 0 fully saturated rings. The molecule has 0 amide bonds. The molecule has 0 bridgehead atoms. The Morgan fingerprint density at radius 3 is 2.52 bits per heavy atom. The van der Waals surface area contributed by atoms with Gasteiger partial charge in [-0.05, 0) is 30.5 Å². The number of hydrogen-bond acceptors (Lipinski definition) is 5. The number of nitrogens with two attached hydrogens (primary N) is 1. The fourth-order valence-electron chi connectivity index (χ4n) is 2.07. The van der Waals surface area contributed by atoms with Crippen molar-refractivity contribution >= 4 is 34.6 Å². The Bertz CT molecular complexity index is 734. The maximum Gasteiger partial charge on any atom is 0.417 e. The summed E-state index contributed by atoms with van der Waals surface area (Å²) in [4.78, 5) is 8.05. The maximum atomic E-state index is 12.9. The Kier molecular flexibility index (Phi) is 5.94. The first-order chi connectivity index (χ1) is 11.7. The first kappa shape index (κ1) is 19.1. The molecule has 0 aliphatic carbocycles. The number of nitrogens with one attached hydrogen (secondary N) is 2. The lowest BCUT2D eigenvalue weighted by Crippen LogP contribution is -2.11. The van der Waals surface area contributed by atoms with E-state index < -0.39 is 11.7 Å². The van der Waals surface area contributed by atoms with Gasteiger partial charge in [0.05, 0.1) is 10.6 Å². The number of nitrogens with zero attached hydrogens (tertiary/aromatic N) is 2. The lowest BCUT2D eigenvalue weighted by atomic mass is 10.1. The topological polar surface area (TPSA) is 75.9 Å². The van der Waals surface area contributed by atoms with E-state index in [9.17, 15) is 13.2 Å². The van der Waals surface area contributed by atoms with E-state index in [0.717, 1.165) is 12.5 Å². The van der Waals surface area contributed by atoms with Crippen LogP contribution in [-0.4, -0.2) is 16.5 Å². The van der Waals surface area contributed by atoms with Crippen molar-refractivity contribution < 1.29 is 13.2 Å². The molecule has 5 nitrogen and oxygen atoms in total. The van der Waals surface area contributed by atoms with E-state index in [1.807, 2.05) is 0 Å². The second-order valence-corrected chi connectivity index (χ2v) is 6.32. The van der Waals surface area contributed by atoms with Gasteiger partial charge in [-0.15, -0.1) is 0 Å². The third-order valence-electron chi connectivity index (χ3n) is 3.43. The molecule has 0 saturated carbocycles. The Hall–Kier alpha value is -2.22. The molecule has 0 aliphatic rings. The summed E-state index contributed by atoms with van der Waals surface area (Å²) >= 11 is 5.61. The van der Waals surface area contributed by atoms with Crippen LogP contribution in [0.2, 0.25) is 5.02 Å². The van der Waals surface area contributed by atoms with Crippen molar-refractivity contribution in [3.05, 3.63) is 35.1 Å². The van der Waals surface area contributed by atoms with E-state index >= 15 is 0 Å². The highest BCUT2D eigenvalue weighted by Crippen LogP contribution is 2.37. The number of hydrogen-bond donors (Lipinski definition) is 3. The predicted octanol–water partition coefficient (Wildman–Crippen LogP) is 4.93. The van der Waals surface area contributed by atoms with Crippen molar-refractivity contribution in [1.29, 1.82) is 0 Å². The van der Waals surface area contributed by atoms with Crippen molar-refractivity contribution in [3.8, 4) is 0 Å². The highest BCUT2D eigenvalue weighted by atomic mass is 35.5. The molecule has 1 heterocycles. The van der Waals surface area contributed by atoms with E-state index in [0.29, 0.717) is 18.3 Å². The van der Waals surface area contributed by atoms with Crippen molar-refractivity contribution in [2.75, 3.05) is 22.9 Å². The van der Waals surface area contributed by atoms with Gasteiger partial charge in [0.25, 0.3) is 0 Å². The van der Waals surface area contributed by atoms with Crippen LogP contribution in [0.15, 0.2) is 24.5 Å². The number of halogens is 4. The Morgan fingerprint density at radius 1 is 1.20 bits per heavy atom. The van der Waals surface area contributed by atoms with E-state index in [2.05, 4.69) is 34.4 Å². The lowest BCUT2D eigenvalue weighted by Gasteiger charge is -2.15. The smallest absolute Gasteiger partial charge is 0.393 e. The number of benzene rings is 1. The molecule has 2 aromatic rings. The van der Waals surface area contributed by atoms with E-state index in [1.165, 1.54) is 18.5 Å². The van der Waals surface area contributed by atoms with Gasteiger partial charge in [0.15, 0.2) is 11.6 Å². The summed E-state index contributed by atoms with van der Waals surface area (Å²) in [5.74, 6) is 1.17. The van der Waals surface area contributed by atoms with E-state index in [-0.39, 0.29) is 22.2 Å². The Morgan fingerprint density at radius 2 is 1.88 bits per heavy atom. The minimum atomic E-state index is -4.55. The molecule has 0 spiro atoms. The van der Waals surface area contributed by atoms with Gasteiger partial charge >= 0.3 is 6.18 Å². The first-order valence-corrected chi connectivity index (χ1v) is 8.04. The number of anilines is 4. The summed E-state index contributed by atoms with van der Waals surface area (Å²) in [6.07, 6.45) is -2.33. The van der Waals surface area contributed by atoms with E-state index in [1.54, 1.807) is 0 Å². The second kappa shape index (κ2) is 7.77. The molecule has 0 saturated heterocycles. The van der Waals surface area contributed by atoms with Crippen LogP contribution in [0.5, 0.6) is 0 Å². The predicted molar refractivity (Wildman–Crippen MR) is 94.1 cm³/mol. The van der Waals surface area contributed by atoms with Gasteiger partial charge < -0.3 is 16.4 Å². The SMILES string of the molecule is CC(C)CCNc1ncnc(Nc2ccc(Cl)c(C(F)(F)F)c2)c1N. The van der Waals surface area contributed by atoms with Crippen LogP contribution in [0.1, 0.15) is 25.8 Å². The zero-order valence-electron chi connectivity index (χ0n) is 13.8. The van der Waals surface area contributed by atoms with Crippen LogP contribution in [0, 0.1) is 5.92 Å². The molecule has 25 heavy (non-hydrogen) atoms. The van der Waals surface area contributed by atoms with Gasteiger partial charge in [0, 0.05) is 12.2 Å². The summed E-state index contributed by atoms with van der Waals surface area (Å²) < 4.78 is 38.8. The summed E-state index contributed by atoms with van der Waals surface area (Å²) in [6.45, 7) is 4.87. The molecule has 0 radical (unpaired) electrons. The third kappa shape index (κ3) is 5.12. The average molecular weight is 374 g/mol. The van der Waals surface area contributed by atoms with Crippen molar-refractivity contribution in [1.82, 2.24) is 9.97 Å². The number of rotatable bonds is 6. The highest BCUT2D eigenvalue weighted by Gasteiger charge is 2.33. The fourth-order valence-corrected chi connectivity index (χ4v) is 2.30. The van der Waals surface area contributed by atoms with Gasteiger partial charge in [-0.2, -0.15) is 13.2 Å². The number of alkyl halides is 3. The van der Waals surface area contributed by atoms with Crippen molar-refractivity contribution in [3.63, 3.8) is 0 Å². The minimum absolute atomic E-state index is 0.176. The molecule has 0 atom stereocenters. The second-order valence-electron chi connectivity index (χ2n) is 5.91. The van der Waals surface area contributed by atoms with Gasteiger partial charge in [0.1, 0.15) is 12.0 Å². The summed E-state index contributed by atoms with van der Waals surface area (Å²) in [7, 11) is 0. The Balaban J connectivity index is 2.21.